The number of nitrogens with zero attached hydrogens (tertiary/aromatic N) is 2. The van der Waals surface area contributed by atoms with Crippen LogP contribution in [0, 0.1) is 24.3 Å². The molecule has 0 spiro atoms. The van der Waals surface area contributed by atoms with Crippen LogP contribution in [-0.4, -0.2) is 21.9 Å². The number of aryl methyl sites for hydroxylation is 2. The van der Waals surface area contributed by atoms with Crippen molar-refractivity contribution >= 4 is 52.1 Å². The molecule has 2 aromatic carbocycles. The first kappa shape index (κ1) is 19.6. The van der Waals surface area contributed by atoms with Crippen molar-refractivity contribution in [1.29, 1.82) is 0 Å². The number of halogens is 2. The minimum absolute atomic E-state index is 0.159. The number of aliphatic imine (C=N–C) groups is 1. The maximum absolute atomic E-state index is 11.2. The van der Waals surface area contributed by atoms with E-state index in [2.05, 4.69) is 70.3 Å². The van der Waals surface area contributed by atoms with Gasteiger partial charge in [0.05, 0.1) is 16.3 Å². The van der Waals surface area contributed by atoms with E-state index in [0.29, 0.717) is 10.7 Å². The molecule has 0 radical (unpaired) electrons. The highest BCUT2D eigenvalue weighted by molar-refractivity contribution is 14.1. The molecule has 0 aliphatic carbocycles. The van der Waals surface area contributed by atoms with Crippen molar-refractivity contribution in [3.63, 3.8) is 0 Å². The molecule has 27 heavy (non-hydrogen) atoms. The minimum Gasteiger partial charge on any atom is -0.478 e. The van der Waals surface area contributed by atoms with Gasteiger partial charge in [0.25, 0.3) is 0 Å². The molecule has 0 aliphatic heterocycles. The van der Waals surface area contributed by atoms with Crippen LogP contribution >= 0.6 is 34.2 Å². The molecule has 1 N–H and O–H groups in total. The molecular formula is C21H18ClIN2O2. The van der Waals surface area contributed by atoms with E-state index < -0.39 is 5.97 Å². The highest BCUT2D eigenvalue weighted by atomic mass is 127. The summed E-state index contributed by atoms with van der Waals surface area (Å²) in [6.07, 6.45) is 1.73. The lowest BCUT2D eigenvalue weighted by Gasteiger charge is -2.11. The van der Waals surface area contributed by atoms with Gasteiger partial charge in [-0.1, -0.05) is 11.6 Å². The first-order valence-electron chi connectivity index (χ1n) is 8.30. The zero-order valence-electron chi connectivity index (χ0n) is 15.1. The molecule has 6 heteroatoms. The molecule has 138 valence electrons. The third kappa shape index (κ3) is 4.09. The van der Waals surface area contributed by atoms with Gasteiger partial charge < -0.3 is 9.67 Å². The van der Waals surface area contributed by atoms with Gasteiger partial charge in [-0.25, -0.2) is 4.79 Å². The Labute approximate surface area is 176 Å². The molecular weight excluding hydrogens is 475 g/mol. The number of hydrogen-bond acceptors (Lipinski definition) is 2. The van der Waals surface area contributed by atoms with E-state index in [0.717, 1.165) is 22.6 Å². The predicted octanol–water partition coefficient (Wildman–Crippen LogP) is 6.11. The van der Waals surface area contributed by atoms with E-state index in [1.165, 1.54) is 21.3 Å². The van der Waals surface area contributed by atoms with Gasteiger partial charge in [0.15, 0.2) is 0 Å². The van der Waals surface area contributed by atoms with Gasteiger partial charge in [0.2, 0.25) is 0 Å². The van der Waals surface area contributed by atoms with Crippen LogP contribution in [0.3, 0.4) is 0 Å². The molecule has 0 saturated heterocycles. The maximum Gasteiger partial charge on any atom is 0.335 e. The van der Waals surface area contributed by atoms with Crippen molar-refractivity contribution < 1.29 is 9.90 Å². The van der Waals surface area contributed by atoms with E-state index >= 15 is 0 Å². The van der Waals surface area contributed by atoms with Crippen LogP contribution in [0.4, 0.5) is 5.69 Å². The SMILES string of the molecule is Cc1cc(-n2c(C)cc(C=Nc3cc(C(=O)O)ccc3Cl)c2C)ccc1I. The van der Waals surface area contributed by atoms with Crippen molar-refractivity contribution in [1.82, 2.24) is 4.57 Å². The Morgan fingerprint density at radius 2 is 1.89 bits per heavy atom. The zero-order valence-corrected chi connectivity index (χ0v) is 18.0. The Hall–Kier alpha value is -2.12. The minimum atomic E-state index is -1.00. The highest BCUT2D eigenvalue weighted by Gasteiger charge is 2.11. The summed E-state index contributed by atoms with van der Waals surface area (Å²) < 4.78 is 3.41. The van der Waals surface area contributed by atoms with Crippen molar-refractivity contribution in [3.05, 3.63) is 79.1 Å². The van der Waals surface area contributed by atoms with Crippen molar-refractivity contribution in [2.75, 3.05) is 0 Å². The molecule has 1 aromatic heterocycles. The van der Waals surface area contributed by atoms with Crippen LogP contribution in [0.25, 0.3) is 5.69 Å². The summed E-state index contributed by atoms with van der Waals surface area (Å²) in [5, 5.41) is 9.55. The zero-order chi connectivity index (χ0) is 19.7. The molecule has 0 saturated carbocycles. The average Bonchev–Trinajstić information content (AvgIpc) is 2.90. The molecule has 0 atom stereocenters. The Morgan fingerprint density at radius 3 is 2.56 bits per heavy atom. The Balaban J connectivity index is 2.00. The van der Waals surface area contributed by atoms with Crippen LogP contribution in [0.1, 0.15) is 32.9 Å². The number of rotatable bonds is 4. The molecule has 0 unspecified atom stereocenters. The first-order valence-corrected chi connectivity index (χ1v) is 9.76. The van der Waals surface area contributed by atoms with E-state index in [9.17, 15) is 4.79 Å². The number of hydrogen-bond donors (Lipinski definition) is 1. The summed E-state index contributed by atoms with van der Waals surface area (Å²) in [5.41, 5.74) is 6.04. The standard InChI is InChI=1S/C21H18ClIN2O2/c1-12-8-17(5-7-19(12)23)25-13(2)9-16(14(25)3)11-24-20-10-15(21(26)27)4-6-18(20)22/h4-11H,1-3H3,(H,26,27). The van der Waals surface area contributed by atoms with Crippen molar-refractivity contribution in [2.24, 2.45) is 4.99 Å². The first-order chi connectivity index (χ1) is 12.8. The second-order valence-electron chi connectivity index (χ2n) is 6.32. The predicted molar refractivity (Wildman–Crippen MR) is 118 cm³/mol. The highest BCUT2D eigenvalue weighted by Crippen LogP contribution is 2.27. The van der Waals surface area contributed by atoms with Crippen molar-refractivity contribution in [3.8, 4) is 5.69 Å². The van der Waals surface area contributed by atoms with Crippen molar-refractivity contribution in [2.45, 2.75) is 20.8 Å². The van der Waals surface area contributed by atoms with Gasteiger partial charge in [-0.2, -0.15) is 0 Å². The summed E-state index contributed by atoms with van der Waals surface area (Å²) >= 11 is 8.49. The van der Waals surface area contributed by atoms with Crippen LogP contribution in [0.15, 0.2) is 47.5 Å². The molecule has 0 amide bonds. The largest absolute Gasteiger partial charge is 0.478 e. The topological polar surface area (TPSA) is 54.6 Å². The smallest absolute Gasteiger partial charge is 0.335 e. The second kappa shape index (κ2) is 7.86. The normalized spacial score (nSPS) is 11.3. The average molecular weight is 493 g/mol. The van der Waals surface area contributed by atoms with Gasteiger partial charge in [-0.15, -0.1) is 0 Å². The molecule has 0 bridgehead atoms. The summed E-state index contributed by atoms with van der Waals surface area (Å²) in [7, 11) is 0. The van der Waals surface area contributed by atoms with E-state index in [-0.39, 0.29) is 5.56 Å². The maximum atomic E-state index is 11.2. The third-order valence-corrected chi connectivity index (χ3v) is 5.94. The third-order valence-electron chi connectivity index (χ3n) is 4.41. The molecule has 0 fully saturated rings. The lowest BCUT2D eigenvalue weighted by Crippen LogP contribution is -2.00. The summed E-state index contributed by atoms with van der Waals surface area (Å²) in [4.78, 5) is 15.6. The number of carboxylic acids is 1. The Morgan fingerprint density at radius 1 is 1.15 bits per heavy atom. The number of benzene rings is 2. The quantitative estimate of drug-likeness (QED) is 0.353. The summed E-state index contributed by atoms with van der Waals surface area (Å²) in [6, 6.07) is 12.9. The molecule has 0 aliphatic rings. The van der Waals surface area contributed by atoms with Gasteiger partial charge in [-0.05, 0) is 91.4 Å². The fraction of sp³-hybridized carbons (Fsp3) is 0.143. The van der Waals surface area contributed by atoms with E-state index in [4.69, 9.17) is 16.7 Å². The molecule has 1 heterocycles. The van der Waals surface area contributed by atoms with Gasteiger partial charge in [-0.3, -0.25) is 4.99 Å². The van der Waals surface area contributed by atoms with E-state index in [1.807, 2.05) is 6.92 Å². The Bertz CT molecular complexity index is 1070. The fourth-order valence-corrected chi connectivity index (χ4v) is 3.47. The summed E-state index contributed by atoms with van der Waals surface area (Å²) in [6.45, 7) is 6.19. The number of aromatic nitrogens is 1. The second-order valence-corrected chi connectivity index (χ2v) is 7.89. The van der Waals surface area contributed by atoms with Crippen LogP contribution in [-0.2, 0) is 0 Å². The molecule has 4 nitrogen and oxygen atoms in total. The van der Waals surface area contributed by atoms with Gasteiger partial charge in [0.1, 0.15) is 0 Å². The van der Waals surface area contributed by atoms with Crippen LogP contribution in [0.5, 0.6) is 0 Å². The molecule has 3 aromatic rings. The lowest BCUT2D eigenvalue weighted by molar-refractivity contribution is 0.0697. The Kier molecular flexibility index (Phi) is 5.72. The monoisotopic (exact) mass is 492 g/mol. The number of aromatic carboxylic acids is 1. The number of carbonyl (C=O) groups is 1. The van der Waals surface area contributed by atoms with Gasteiger partial charge >= 0.3 is 5.97 Å². The lowest BCUT2D eigenvalue weighted by atomic mass is 10.2. The molecule has 3 rings (SSSR count). The van der Waals surface area contributed by atoms with Gasteiger partial charge in [0, 0.05) is 32.4 Å². The summed E-state index contributed by atoms with van der Waals surface area (Å²) in [5.74, 6) is -1.00. The number of carboxylic acid groups (broad SMARTS) is 1. The van der Waals surface area contributed by atoms with Crippen LogP contribution < -0.4 is 0 Å². The van der Waals surface area contributed by atoms with Crippen LogP contribution in [0.2, 0.25) is 5.02 Å². The van der Waals surface area contributed by atoms with E-state index in [1.54, 1.807) is 12.3 Å². The fourth-order valence-electron chi connectivity index (χ4n) is 2.97.